The van der Waals surface area contributed by atoms with E-state index in [4.69, 9.17) is 0 Å². The molecule has 1 fully saturated rings. The summed E-state index contributed by atoms with van der Waals surface area (Å²) in [4.78, 5) is 15.4. The molecule has 1 N–H and O–H groups in total. The number of nitrogens with zero attached hydrogens (tertiary/aromatic N) is 8. The average Bonchev–Trinajstić information content (AvgIpc) is 3.11. The Morgan fingerprint density at radius 1 is 1.15 bits per heavy atom. The first-order valence-corrected chi connectivity index (χ1v) is 7.17. The van der Waals surface area contributed by atoms with E-state index in [-0.39, 0.29) is 0 Å². The Morgan fingerprint density at radius 2 is 1.95 bits per heavy atom. The first-order valence-electron chi connectivity index (χ1n) is 6.35. The van der Waals surface area contributed by atoms with Crippen LogP contribution in [0.3, 0.4) is 0 Å². The van der Waals surface area contributed by atoms with Gasteiger partial charge in [-0.25, -0.2) is 4.68 Å². The second-order valence-electron chi connectivity index (χ2n) is 4.37. The minimum Gasteiger partial charge on any atom is -0.357 e. The van der Waals surface area contributed by atoms with Crippen LogP contribution in [0.5, 0.6) is 0 Å². The largest absolute Gasteiger partial charge is 0.357 e. The fourth-order valence-corrected chi connectivity index (χ4v) is 2.62. The van der Waals surface area contributed by atoms with Crippen molar-refractivity contribution in [2.75, 3.05) is 30.4 Å². The average molecular weight is 293 g/mol. The summed E-state index contributed by atoms with van der Waals surface area (Å²) in [5, 5.41) is 15.5. The highest BCUT2D eigenvalue weighted by atomic mass is 32.2. The maximum absolute atomic E-state index is 4.50. The van der Waals surface area contributed by atoms with Crippen molar-refractivity contribution < 1.29 is 0 Å². The van der Waals surface area contributed by atoms with Gasteiger partial charge in [-0.3, -0.25) is 0 Å². The molecule has 3 heterocycles. The van der Waals surface area contributed by atoms with Crippen LogP contribution in [-0.4, -0.2) is 55.3 Å². The zero-order valence-electron chi connectivity index (χ0n) is 11.3. The van der Waals surface area contributed by atoms with Crippen molar-refractivity contribution in [3.8, 4) is 0 Å². The van der Waals surface area contributed by atoms with Crippen molar-refractivity contribution in [2.45, 2.75) is 23.2 Å². The van der Waals surface area contributed by atoms with Gasteiger partial charge in [0, 0.05) is 27.2 Å². The summed E-state index contributed by atoms with van der Waals surface area (Å²) in [7, 11) is 3.57. The third-order valence-corrected chi connectivity index (χ3v) is 3.87. The van der Waals surface area contributed by atoms with E-state index < -0.39 is 0 Å². The maximum atomic E-state index is 4.50. The van der Waals surface area contributed by atoms with Crippen LogP contribution in [0.25, 0.3) is 0 Å². The number of tetrazole rings is 1. The zero-order chi connectivity index (χ0) is 13.9. The molecule has 0 unspecified atom stereocenters. The van der Waals surface area contributed by atoms with Crippen LogP contribution in [0.4, 0.5) is 11.9 Å². The molecule has 10 heteroatoms. The molecule has 3 rings (SSSR count). The Morgan fingerprint density at radius 3 is 2.60 bits per heavy atom. The lowest BCUT2D eigenvalue weighted by molar-refractivity contribution is 0.663. The van der Waals surface area contributed by atoms with Gasteiger partial charge < -0.3 is 10.2 Å². The molecule has 0 saturated carbocycles. The van der Waals surface area contributed by atoms with Gasteiger partial charge in [0.2, 0.25) is 22.2 Å². The van der Waals surface area contributed by atoms with Crippen molar-refractivity contribution in [2.24, 2.45) is 7.05 Å². The van der Waals surface area contributed by atoms with E-state index in [0.717, 1.165) is 13.1 Å². The molecule has 1 saturated heterocycles. The van der Waals surface area contributed by atoms with Crippen molar-refractivity contribution in [3.63, 3.8) is 0 Å². The Balaban J connectivity index is 1.89. The molecule has 0 radical (unpaired) electrons. The lowest BCUT2D eigenvalue weighted by Gasteiger charge is -2.15. The number of nitrogens with one attached hydrogen (secondary N) is 1. The van der Waals surface area contributed by atoms with Crippen LogP contribution in [-0.2, 0) is 7.05 Å². The quantitative estimate of drug-likeness (QED) is 0.846. The number of rotatable bonds is 4. The molecular formula is C10H15N9S. The molecule has 0 bridgehead atoms. The number of aryl methyl sites for hydroxylation is 1. The van der Waals surface area contributed by atoms with Crippen LogP contribution in [0.15, 0.2) is 10.3 Å². The SMILES string of the molecule is CNc1nc(Sc2nnnn2C)nc(N2CCCC2)n1. The predicted octanol–water partition coefficient (Wildman–Crippen LogP) is 0.188. The number of aromatic nitrogens is 7. The highest BCUT2D eigenvalue weighted by Crippen LogP contribution is 2.25. The molecule has 0 aromatic carbocycles. The predicted molar refractivity (Wildman–Crippen MR) is 73.7 cm³/mol. The molecule has 0 atom stereocenters. The second kappa shape index (κ2) is 5.57. The molecule has 9 nitrogen and oxygen atoms in total. The minimum absolute atomic E-state index is 0.555. The molecular weight excluding hydrogens is 278 g/mol. The lowest BCUT2D eigenvalue weighted by Crippen LogP contribution is -2.21. The molecule has 2 aromatic rings. The fourth-order valence-electron chi connectivity index (χ4n) is 1.95. The van der Waals surface area contributed by atoms with Crippen LogP contribution >= 0.6 is 11.8 Å². The number of anilines is 2. The zero-order valence-corrected chi connectivity index (χ0v) is 12.1. The first-order chi connectivity index (χ1) is 9.76. The summed E-state index contributed by atoms with van der Waals surface area (Å²) in [6.07, 6.45) is 2.35. The van der Waals surface area contributed by atoms with Gasteiger partial charge in [0.05, 0.1) is 0 Å². The van der Waals surface area contributed by atoms with Crippen molar-refractivity contribution in [1.82, 2.24) is 35.2 Å². The highest BCUT2D eigenvalue weighted by Gasteiger charge is 2.18. The molecule has 106 valence electrons. The molecule has 1 aliphatic heterocycles. The number of hydrogen-bond donors (Lipinski definition) is 1. The maximum Gasteiger partial charge on any atom is 0.231 e. The third-order valence-electron chi connectivity index (χ3n) is 2.98. The fraction of sp³-hybridized carbons (Fsp3) is 0.600. The Kier molecular flexibility index (Phi) is 3.63. The smallest absolute Gasteiger partial charge is 0.231 e. The van der Waals surface area contributed by atoms with Crippen molar-refractivity contribution in [1.29, 1.82) is 0 Å². The van der Waals surface area contributed by atoms with E-state index in [1.165, 1.54) is 24.6 Å². The van der Waals surface area contributed by atoms with Gasteiger partial charge in [0.15, 0.2) is 0 Å². The van der Waals surface area contributed by atoms with E-state index in [2.05, 4.69) is 40.7 Å². The number of hydrogen-bond acceptors (Lipinski definition) is 9. The van der Waals surface area contributed by atoms with Crippen LogP contribution < -0.4 is 10.2 Å². The van der Waals surface area contributed by atoms with Gasteiger partial charge in [-0.05, 0) is 35.0 Å². The summed E-state index contributed by atoms with van der Waals surface area (Å²) in [6.45, 7) is 1.98. The molecule has 0 aliphatic carbocycles. The van der Waals surface area contributed by atoms with Crippen molar-refractivity contribution in [3.05, 3.63) is 0 Å². The molecule has 20 heavy (non-hydrogen) atoms. The van der Waals surface area contributed by atoms with Crippen molar-refractivity contribution >= 4 is 23.7 Å². The standard InChI is InChI=1S/C10H15N9S/c1-11-7-12-8(19-5-3-4-6-19)14-9(13-7)20-10-15-16-17-18(10)2/h3-6H2,1-2H3,(H,11,12,13,14). The van der Waals surface area contributed by atoms with Crippen LogP contribution in [0.2, 0.25) is 0 Å². The van der Waals surface area contributed by atoms with Crippen LogP contribution in [0.1, 0.15) is 12.8 Å². The summed E-state index contributed by atoms with van der Waals surface area (Å²) >= 11 is 1.32. The molecule has 2 aromatic heterocycles. The van der Waals surface area contributed by atoms with Gasteiger partial charge in [0.1, 0.15) is 0 Å². The Bertz CT molecular complexity index is 592. The Hall–Kier alpha value is -1.97. The van der Waals surface area contributed by atoms with E-state index in [0.29, 0.717) is 22.2 Å². The lowest BCUT2D eigenvalue weighted by atomic mass is 10.4. The van der Waals surface area contributed by atoms with Gasteiger partial charge >= 0.3 is 0 Å². The monoisotopic (exact) mass is 293 g/mol. The van der Waals surface area contributed by atoms with Crippen LogP contribution in [0, 0.1) is 0 Å². The molecule has 0 spiro atoms. The van der Waals surface area contributed by atoms with Gasteiger partial charge in [-0.15, -0.1) is 5.10 Å². The van der Waals surface area contributed by atoms with E-state index in [1.807, 2.05) is 0 Å². The summed E-state index contributed by atoms with van der Waals surface area (Å²) in [6, 6.07) is 0. The van der Waals surface area contributed by atoms with E-state index in [1.54, 1.807) is 18.8 Å². The van der Waals surface area contributed by atoms with Gasteiger partial charge in [-0.1, -0.05) is 0 Å². The normalized spacial score (nSPS) is 14.8. The summed E-state index contributed by atoms with van der Waals surface area (Å²) < 4.78 is 1.59. The second-order valence-corrected chi connectivity index (χ2v) is 5.31. The minimum atomic E-state index is 0.555. The third kappa shape index (κ3) is 2.64. The molecule has 0 amide bonds. The first kappa shape index (κ1) is 13.0. The molecule has 1 aliphatic rings. The van der Waals surface area contributed by atoms with E-state index >= 15 is 0 Å². The Labute approximate surface area is 120 Å². The summed E-state index contributed by atoms with van der Waals surface area (Å²) in [5.41, 5.74) is 0. The van der Waals surface area contributed by atoms with E-state index in [9.17, 15) is 0 Å². The van der Waals surface area contributed by atoms with Gasteiger partial charge in [-0.2, -0.15) is 15.0 Å². The van der Waals surface area contributed by atoms with Gasteiger partial charge in [0.25, 0.3) is 0 Å². The highest BCUT2D eigenvalue weighted by molar-refractivity contribution is 7.99. The summed E-state index contributed by atoms with van der Waals surface area (Å²) in [5.74, 6) is 1.26. The topological polar surface area (TPSA) is 97.5 Å².